The lowest BCUT2D eigenvalue weighted by Crippen LogP contribution is -2.07. The number of ether oxygens (including phenoxy) is 1. The predicted molar refractivity (Wildman–Crippen MR) is 123 cm³/mol. The molecule has 31 heavy (non-hydrogen) atoms. The summed E-state index contributed by atoms with van der Waals surface area (Å²) < 4.78 is 43.6. The van der Waals surface area contributed by atoms with Gasteiger partial charge in [-0.2, -0.15) is 13.2 Å². The van der Waals surface area contributed by atoms with Crippen molar-refractivity contribution in [3.8, 4) is 5.75 Å². The van der Waals surface area contributed by atoms with Gasteiger partial charge in [0.2, 0.25) is 0 Å². The molecule has 0 aliphatic rings. The van der Waals surface area contributed by atoms with E-state index in [1.807, 2.05) is 18.2 Å². The van der Waals surface area contributed by atoms with Crippen LogP contribution in [0.2, 0.25) is 5.02 Å². The van der Waals surface area contributed by atoms with E-state index < -0.39 is 11.7 Å². The second kappa shape index (κ2) is 13.5. The molecule has 0 atom stereocenters. The van der Waals surface area contributed by atoms with Gasteiger partial charge in [-0.3, -0.25) is 0 Å². The lowest BCUT2D eigenvalue weighted by Gasteiger charge is -2.12. The van der Waals surface area contributed by atoms with Crippen LogP contribution in [-0.2, 0) is 12.6 Å². The topological polar surface area (TPSA) is 21.3 Å². The van der Waals surface area contributed by atoms with Crippen LogP contribution in [0.15, 0.2) is 42.5 Å². The normalized spacial score (nSPS) is 11.5. The van der Waals surface area contributed by atoms with Crippen molar-refractivity contribution in [3.63, 3.8) is 0 Å². The Morgan fingerprint density at radius 3 is 2.13 bits per heavy atom. The molecule has 2 aromatic carbocycles. The highest BCUT2D eigenvalue weighted by molar-refractivity contribution is 6.32. The maximum atomic E-state index is 12.6. The van der Waals surface area contributed by atoms with Crippen molar-refractivity contribution in [3.05, 3.63) is 58.6 Å². The fourth-order valence-corrected chi connectivity index (χ4v) is 3.59. The Kier molecular flexibility index (Phi) is 11.1. The van der Waals surface area contributed by atoms with Crippen molar-refractivity contribution in [2.45, 2.75) is 70.9 Å². The van der Waals surface area contributed by atoms with Crippen LogP contribution in [0.5, 0.6) is 5.75 Å². The average molecular weight is 456 g/mol. The van der Waals surface area contributed by atoms with Crippen LogP contribution in [0.4, 0.5) is 18.9 Å². The third kappa shape index (κ3) is 9.86. The molecular weight excluding hydrogens is 423 g/mol. The van der Waals surface area contributed by atoms with Gasteiger partial charge in [-0.05, 0) is 48.7 Å². The molecule has 0 heterocycles. The summed E-state index contributed by atoms with van der Waals surface area (Å²) in [5.74, 6) is 0.679. The van der Waals surface area contributed by atoms with E-state index in [4.69, 9.17) is 16.3 Å². The summed E-state index contributed by atoms with van der Waals surface area (Å²) in [6.45, 7) is 3.49. The van der Waals surface area contributed by atoms with Crippen LogP contribution in [0.25, 0.3) is 0 Å². The van der Waals surface area contributed by atoms with Crippen molar-refractivity contribution in [1.29, 1.82) is 0 Å². The Hall–Kier alpha value is -1.88. The molecule has 0 aliphatic carbocycles. The van der Waals surface area contributed by atoms with E-state index in [1.54, 1.807) is 0 Å². The fraction of sp³-hybridized carbons (Fsp3) is 0.520. The summed E-state index contributed by atoms with van der Waals surface area (Å²) in [7, 11) is 0. The number of hydrogen-bond donors (Lipinski definition) is 1. The number of anilines is 1. The summed E-state index contributed by atoms with van der Waals surface area (Å²) in [5.41, 5.74) is 1.08. The zero-order chi connectivity index (χ0) is 22.5. The lowest BCUT2D eigenvalue weighted by atomic mass is 10.1. The Labute approximate surface area is 189 Å². The molecule has 0 spiro atoms. The zero-order valence-corrected chi connectivity index (χ0v) is 19.0. The quantitative estimate of drug-likeness (QED) is 0.288. The van der Waals surface area contributed by atoms with Gasteiger partial charge in [-0.1, -0.05) is 75.6 Å². The molecule has 0 saturated carbocycles. The Bertz CT molecular complexity index is 762. The number of hydrogen-bond acceptors (Lipinski definition) is 2. The standard InChI is InChI=1S/C25H33ClF3NO/c1-2-3-4-5-6-7-8-9-18-31-24-15-14-22(19-23(24)26)30-17-16-20-10-12-21(13-11-20)25(27,28)29/h10-15,19,30H,2-9,16-18H2,1H3. The van der Waals surface area contributed by atoms with E-state index in [9.17, 15) is 13.2 Å². The first-order valence-electron chi connectivity index (χ1n) is 11.2. The van der Waals surface area contributed by atoms with Gasteiger partial charge in [0.1, 0.15) is 5.75 Å². The molecule has 1 N–H and O–H groups in total. The first kappa shape index (κ1) is 25.4. The van der Waals surface area contributed by atoms with Crippen molar-refractivity contribution >= 4 is 17.3 Å². The third-order valence-electron chi connectivity index (χ3n) is 5.21. The van der Waals surface area contributed by atoms with Gasteiger partial charge >= 0.3 is 6.18 Å². The molecule has 0 amide bonds. The molecule has 2 nitrogen and oxygen atoms in total. The zero-order valence-electron chi connectivity index (χ0n) is 18.2. The van der Waals surface area contributed by atoms with Gasteiger partial charge in [-0.25, -0.2) is 0 Å². The molecule has 0 saturated heterocycles. The summed E-state index contributed by atoms with van der Waals surface area (Å²) >= 11 is 6.32. The molecule has 2 aromatic rings. The average Bonchev–Trinajstić information content (AvgIpc) is 2.73. The summed E-state index contributed by atoms with van der Waals surface area (Å²) in [4.78, 5) is 0. The fourth-order valence-electron chi connectivity index (χ4n) is 3.36. The van der Waals surface area contributed by atoms with Crippen LogP contribution in [0.1, 0.15) is 69.4 Å². The minimum Gasteiger partial charge on any atom is -0.492 e. The molecule has 0 unspecified atom stereocenters. The molecule has 0 aliphatic heterocycles. The minimum atomic E-state index is -4.30. The van der Waals surface area contributed by atoms with Gasteiger partial charge < -0.3 is 10.1 Å². The second-order valence-corrected chi connectivity index (χ2v) is 8.25. The number of rotatable bonds is 14. The van der Waals surface area contributed by atoms with E-state index in [1.165, 1.54) is 57.1 Å². The predicted octanol–water partition coefficient (Wildman–Crippen LogP) is 8.53. The van der Waals surface area contributed by atoms with Gasteiger partial charge in [0.05, 0.1) is 17.2 Å². The summed E-state index contributed by atoms with van der Waals surface area (Å²) in [6, 6.07) is 10.8. The monoisotopic (exact) mass is 455 g/mol. The lowest BCUT2D eigenvalue weighted by molar-refractivity contribution is -0.137. The second-order valence-electron chi connectivity index (χ2n) is 7.84. The van der Waals surface area contributed by atoms with Crippen LogP contribution in [-0.4, -0.2) is 13.2 Å². The van der Waals surface area contributed by atoms with E-state index in [-0.39, 0.29) is 0 Å². The highest BCUT2D eigenvalue weighted by Crippen LogP contribution is 2.30. The number of halogens is 4. The van der Waals surface area contributed by atoms with Crippen LogP contribution in [0.3, 0.4) is 0 Å². The first-order valence-corrected chi connectivity index (χ1v) is 11.6. The molecular formula is C25H33ClF3NO. The van der Waals surface area contributed by atoms with Gasteiger partial charge in [-0.15, -0.1) is 0 Å². The van der Waals surface area contributed by atoms with E-state index in [0.29, 0.717) is 30.3 Å². The van der Waals surface area contributed by atoms with Crippen LogP contribution in [0, 0.1) is 0 Å². The van der Waals surface area contributed by atoms with E-state index in [0.717, 1.165) is 29.8 Å². The van der Waals surface area contributed by atoms with Crippen LogP contribution < -0.4 is 10.1 Å². The van der Waals surface area contributed by atoms with Crippen molar-refractivity contribution < 1.29 is 17.9 Å². The molecule has 2 rings (SSSR count). The largest absolute Gasteiger partial charge is 0.492 e. The Morgan fingerprint density at radius 1 is 0.871 bits per heavy atom. The van der Waals surface area contributed by atoms with Crippen molar-refractivity contribution in [2.75, 3.05) is 18.5 Å². The van der Waals surface area contributed by atoms with E-state index >= 15 is 0 Å². The molecule has 0 bridgehead atoms. The summed E-state index contributed by atoms with van der Waals surface area (Å²) in [5, 5.41) is 3.80. The van der Waals surface area contributed by atoms with Gasteiger partial charge in [0.15, 0.2) is 0 Å². The highest BCUT2D eigenvalue weighted by atomic mass is 35.5. The Morgan fingerprint density at radius 2 is 1.52 bits per heavy atom. The Balaban J connectivity index is 1.65. The number of unbranched alkanes of at least 4 members (excludes halogenated alkanes) is 7. The smallest absolute Gasteiger partial charge is 0.416 e. The number of benzene rings is 2. The SMILES string of the molecule is CCCCCCCCCCOc1ccc(NCCc2ccc(C(F)(F)F)cc2)cc1Cl. The molecule has 0 radical (unpaired) electrons. The molecule has 0 fully saturated rings. The molecule has 0 aromatic heterocycles. The number of alkyl halides is 3. The van der Waals surface area contributed by atoms with Crippen molar-refractivity contribution in [1.82, 2.24) is 0 Å². The maximum Gasteiger partial charge on any atom is 0.416 e. The number of nitrogens with one attached hydrogen (secondary N) is 1. The van der Waals surface area contributed by atoms with Gasteiger partial charge in [0, 0.05) is 12.2 Å². The molecule has 6 heteroatoms. The summed E-state index contributed by atoms with van der Waals surface area (Å²) in [6.07, 6.45) is 6.35. The maximum absolute atomic E-state index is 12.6. The highest BCUT2D eigenvalue weighted by Gasteiger charge is 2.29. The van der Waals surface area contributed by atoms with Gasteiger partial charge in [0.25, 0.3) is 0 Å². The van der Waals surface area contributed by atoms with E-state index in [2.05, 4.69) is 12.2 Å². The van der Waals surface area contributed by atoms with Crippen molar-refractivity contribution in [2.24, 2.45) is 0 Å². The minimum absolute atomic E-state index is 0.555. The third-order valence-corrected chi connectivity index (χ3v) is 5.51. The first-order chi connectivity index (χ1) is 14.9. The molecule has 172 valence electrons. The van der Waals surface area contributed by atoms with Crippen LogP contribution >= 0.6 is 11.6 Å².